The Morgan fingerprint density at radius 2 is 2.12 bits per heavy atom. The number of nitrogens with zero attached hydrogens (tertiary/aromatic N) is 1. The second kappa shape index (κ2) is 5.10. The van der Waals surface area contributed by atoms with E-state index < -0.39 is 0 Å². The molecule has 1 heterocycles. The van der Waals surface area contributed by atoms with Gasteiger partial charge < -0.3 is 9.32 Å². The van der Waals surface area contributed by atoms with E-state index in [1.165, 1.54) is 6.26 Å². The lowest BCUT2D eigenvalue weighted by Gasteiger charge is -2.20. The molecule has 0 fully saturated rings. The largest absolute Gasteiger partial charge is 0.461 e. The van der Waals surface area contributed by atoms with Crippen molar-refractivity contribution < 1.29 is 8.81 Å². The lowest BCUT2D eigenvalue weighted by atomic mass is 10.1. The second-order valence-electron chi connectivity index (χ2n) is 4.29. The van der Waals surface area contributed by atoms with E-state index in [1.807, 2.05) is 32.5 Å². The first-order valence-corrected chi connectivity index (χ1v) is 6.75. The zero-order valence-electron chi connectivity index (χ0n) is 10.2. The average molecular weight is 253 g/mol. The Morgan fingerprint density at radius 1 is 1.35 bits per heavy atom. The summed E-state index contributed by atoms with van der Waals surface area (Å²) >= 11 is 1.65. The highest BCUT2D eigenvalue weighted by Gasteiger charge is 2.18. The van der Waals surface area contributed by atoms with Crippen LogP contribution >= 0.6 is 11.8 Å². The van der Waals surface area contributed by atoms with Crippen molar-refractivity contribution in [3.63, 3.8) is 0 Å². The molecular formula is C13H16FNOS. The fraction of sp³-hybridized carbons (Fsp3) is 0.385. The van der Waals surface area contributed by atoms with Crippen LogP contribution in [0.5, 0.6) is 0 Å². The molecule has 0 aliphatic rings. The fourth-order valence-corrected chi connectivity index (χ4v) is 2.78. The predicted molar refractivity (Wildman–Crippen MR) is 71.0 cm³/mol. The maximum atomic E-state index is 14.3. The van der Waals surface area contributed by atoms with Crippen molar-refractivity contribution in [1.82, 2.24) is 4.90 Å². The normalized spacial score (nSPS) is 13.5. The number of thioether (sulfide) groups is 1. The van der Waals surface area contributed by atoms with E-state index in [-0.39, 0.29) is 11.1 Å². The number of hydrogen-bond acceptors (Lipinski definition) is 3. The minimum absolute atomic E-state index is 0.125. The van der Waals surface area contributed by atoms with Gasteiger partial charge in [-0.1, -0.05) is 12.1 Å². The third-order valence-electron chi connectivity index (χ3n) is 2.75. The lowest BCUT2D eigenvalue weighted by Crippen LogP contribution is -2.19. The maximum Gasteiger partial charge on any atom is 0.170 e. The molecule has 0 spiro atoms. The van der Waals surface area contributed by atoms with Crippen LogP contribution in [0.2, 0.25) is 0 Å². The van der Waals surface area contributed by atoms with Gasteiger partial charge in [0.1, 0.15) is 0 Å². The van der Waals surface area contributed by atoms with Crippen LogP contribution in [0.3, 0.4) is 0 Å². The summed E-state index contributed by atoms with van der Waals surface area (Å²) in [6, 6.07) is 5.55. The molecule has 1 atom stereocenters. The van der Waals surface area contributed by atoms with E-state index in [2.05, 4.69) is 4.90 Å². The first kappa shape index (κ1) is 12.5. The zero-order chi connectivity index (χ0) is 12.4. The van der Waals surface area contributed by atoms with Crippen molar-refractivity contribution >= 4 is 22.7 Å². The molecule has 2 aromatic rings. The Morgan fingerprint density at radius 3 is 2.76 bits per heavy atom. The average Bonchev–Trinajstić information content (AvgIpc) is 2.75. The number of hydrogen-bond donors (Lipinski definition) is 0. The molecule has 1 aromatic carbocycles. The Bertz CT molecular complexity index is 509. The van der Waals surface area contributed by atoms with Gasteiger partial charge in [0.05, 0.1) is 6.26 Å². The molecule has 92 valence electrons. The Labute approximate surface area is 105 Å². The van der Waals surface area contributed by atoms with Crippen LogP contribution in [0.15, 0.2) is 28.9 Å². The summed E-state index contributed by atoms with van der Waals surface area (Å²) in [5, 5.41) is 0.940. The van der Waals surface area contributed by atoms with E-state index in [1.54, 1.807) is 17.8 Å². The van der Waals surface area contributed by atoms with Gasteiger partial charge >= 0.3 is 0 Å². The molecule has 4 heteroatoms. The molecule has 0 amide bonds. The van der Waals surface area contributed by atoms with Crippen molar-refractivity contribution in [3.05, 3.63) is 35.8 Å². The minimum atomic E-state index is -0.228. The summed E-state index contributed by atoms with van der Waals surface area (Å²) in [5.74, 6) is -0.228. The molecule has 0 aliphatic heterocycles. The zero-order valence-corrected chi connectivity index (χ0v) is 11.1. The molecule has 2 rings (SSSR count). The second-order valence-corrected chi connectivity index (χ2v) is 5.33. The topological polar surface area (TPSA) is 16.4 Å². The number of benzene rings is 1. The fourth-order valence-electron chi connectivity index (χ4n) is 1.89. The summed E-state index contributed by atoms with van der Waals surface area (Å²) in [6.07, 6.45) is 3.53. The van der Waals surface area contributed by atoms with Gasteiger partial charge in [-0.05, 0) is 26.4 Å². The standard InChI is InChI=1S/C13H16FNOS/c1-15(2)8-11(17-3)10-5-4-9-6-7-16-13(9)12(10)14/h4-7,11H,8H2,1-3H3. The highest BCUT2D eigenvalue weighted by Crippen LogP contribution is 2.32. The molecule has 0 N–H and O–H groups in total. The summed E-state index contributed by atoms with van der Waals surface area (Å²) in [5.41, 5.74) is 1.08. The van der Waals surface area contributed by atoms with Gasteiger partial charge in [0.15, 0.2) is 11.4 Å². The number of rotatable bonds is 4. The third kappa shape index (κ3) is 2.48. The van der Waals surface area contributed by atoms with Gasteiger partial charge in [0.2, 0.25) is 0 Å². The minimum Gasteiger partial charge on any atom is -0.461 e. The highest BCUT2D eigenvalue weighted by atomic mass is 32.2. The van der Waals surface area contributed by atoms with Gasteiger partial charge in [-0.25, -0.2) is 4.39 Å². The number of likely N-dealkylation sites (N-methyl/N-ethyl adjacent to an activating group) is 1. The molecule has 0 bridgehead atoms. The lowest BCUT2D eigenvalue weighted by molar-refractivity contribution is 0.406. The van der Waals surface area contributed by atoms with E-state index in [9.17, 15) is 4.39 Å². The van der Waals surface area contributed by atoms with Crippen LogP contribution < -0.4 is 0 Å². The van der Waals surface area contributed by atoms with Crippen LogP contribution in [0.25, 0.3) is 11.0 Å². The molecule has 0 radical (unpaired) electrons. The molecule has 1 aromatic heterocycles. The monoisotopic (exact) mass is 253 g/mol. The van der Waals surface area contributed by atoms with Crippen molar-refractivity contribution in [2.75, 3.05) is 26.9 Å². The predicted octanol–water partition coefficient (Wildman–Crippen LogP) is 3.54. The Balaban J connectivity index is 2.42. The molecule has 0 saturated carbocycles. The summed E-state index contributed by atoms with van der Waals surface area (Å²) in [7, 11) is 3.99. The van der Waals surface area contributed by atoms with Crippen LogP contribution in [-0.2, 0) is 0 Å². The quantitative estimate of drug-likeness (QED) is 0.829. The number of furan rings is 1. The SMILES string of the molecule is CSC(CN(C)C)c1ccc2ccoc2c1F. The van der Waals surface area contributed by atoms with Gasteiger partial charge in [0.25, 0.3) is 0 Å². The van der Waals surface area contributed by atoms with Crippen LogP contribution in [-0.4, -0.2) is 31.8 Å². The molecule has 2 nitrogen and oxygen atoms in total. The van der Waals surface area contributed by atoms with Crippen LogP contribution in [0.1, 0.15) is 10.8 Å². The number of halogens is 1. The first-order valence-electron chi connectivity index (χ1n) is 5.46. The van der Waals surface area contributed by atoms with Crippen LogP contribution in [0, 0.1) is 5.82 Å². The molecule has 1 unspecified atom stereocenters. The maximum absolute atomic E-state index is 14.3. The Hall–Kier alpha value is -1.00. The Kier molecular flexibility index (Phi) is 3.74. The molecule has 17 heavy (non-hydrogen) atoms. The van der Waals surface area contributed by atoms with Crippen molar-refractivity contribution in [2.24, 2.45) is 0 Å². The number of fused-ring (bicyclic) bond motifs is 1. The van der Waals surface area contributed by atoms with Crippen molar-refractivity contribution in [2.45, 2.75) is 5.25 Å². The summed E-state index contributed by atoms with van der Waals surface area (Å²) < 4.78 is 19.5. The van der Waals surface area contributed by atoms with Gasteiger partial charge in [-0.2, -0.15) is 11.8 Å². The van der Waals surface area contributed by atoms with E-state index in [4.69, 9.17) is 4.42 Å². The van der Waals surface area contributed by atoms with E-state index >= 15 is 0 Å². The molecular weight excluding hydrogens is 237 g/mol. The van der Waals surface area contributed by atoms with E-state index in [0.29, 0.717) is 11.1 Å². The molecule has 0 aliphatic carbocycles. The molecule has 0 saturated heterocycles. The first-order chi connectivity index (χ1) is 8.13. The van der Waals surface area contributed by atoms with Crippen LogP contribution in [0.4, 0.5) is 4.39 Å². The smallest absolute Gasteiger partial charge is 0.170 e. The third-order valence-corrected chi connectivity index (χ3v) is 3.73. The highest BCUT2D eigenvalue weighted by molar-refractivity contribution is 7.98. The van der Waals surface area contributed by atoms with Crippen molar-refractivity contribution in [3.8, 4) is 0 Å². The van der Waals surface area contributed by atoms with Gasteiger partial charge in [-0.15, -0.1) is 0 Å². The van der Waals surface area contributed by atoms with Gasteiger partial charge in [0, 0.05) is 22.7 Å². The van der Waals surface area contributed by atoms with E-state index in [0.717, 1.165) is 11.9 Å². The summed E-state index contributed by atoms with van der Waals surface area (Å²) in [6.45, 7) is 0.810. The summed E-state index contributed by atoms with van der Waals surface area (Å²) in [4.78, 5) is 2.06. The van der Waals surface area contributed by atoms with Crippen molar-refractivity contribution in [1.29, 1.82) is 0 Å². The van der Waals surface area contributed by atoms with Gasteiger partial charge in [-0.3, -0.25) is 0 Å².